The molecule has 1 saturated heterocycles. The molecule has 0 spiro atoms. The number of ketones is 1. The maximum absolute atomic E-state index is 12.6. The lowest BCUT2D eigenvalue weighted by Gasteiger charge is -2.19. The maximum Gasteiger partial charge on any atom is 0.573 e. The molecule has 11 nitrogen and oxygen atoms in total. The number of amides is 3. The molecule has 1 aliphatic heterocycles. The van der Waals surface area contributed by atoms with E-state index in [2.05, 4.69) is 30.3 Å². The standard InChI is InChI=1S/C29H22F3N7O4S/c1-17-3-12-23(18(2)40)24(13-17)39-25(41)15-44-28(39)35-27(42)36-34-14-19-4-6-20(7-5-19)26-33-16-38(37-26)21-8-10-22(11-9-21)43-29(30,31)32/h3-14,16H,15H2,1-2H3,(H,36,42)/b34-14+,35-28?. The third kappa shape index (κ3) is 7.18. The molecule has 15 heteroatoms. The van der Waals surface area contributed by atoms with Gasteiger partial charge in [0.25, 0.3) is 0 Å². The second-order valence-corrected chi connectivity index (χ2v) is 10.3. The van der Waals surface area contributed by atoms with Gasteiger partial charge in [-0.15, -0.1) is 18.3 Å². The summed E-state index contributed by atoms with van der Waals surface area (Å²) in [5.41, 5.74) is 5.65. The fourth-order valence-corrected chi connectivity index (χ4v) is 4.98. The van der Waals surface area contributed by atoms with E-state index in [4.69, 9.17) is 0 Å². The Labute approximate surface area is 252 Å². The topological polar surface area (TPSA) is 131 Å². The summed E-state index contributed by atoms with van der Waals surface area (Å²) in [6.07, 6.45) is -1.95. The number of hydrazone groups is 1. The van der Waals surface area contributed by atoms with Gasteiger partial charge in [0.2, 0.25) is 5.91 Å². The van der Waals surface area contributed by atoms with Gasteiger partial charge in [-0.05, 0) is 61.4 Å². The molecule has 0 bridgehead atoms. The number of benzene rings is 3. The van der Waals surface area contributed by atoms with Crippen LogP contribution in [0.4, 0.5) is 23.7 Å². The van der Waals surface area contributed by atoms with E-state index in [0.29, 0.717) is 33.9 Å². The zero-order valence-corrected chi connectivity index (χ0v) is 23.9. The zero-order valence-electron chi connectivity index (χ0n) is 23.1. The van der Waals surface area contributed by atoms with E-state index < -0.39 is 12.4 Å². The number of carbonyl (C=O) groups excluding carboxylic acids is 3. The fourth-order valence-electron chi connectivity index (χ4n) is 4.12. The Hall–Kier alpha value is -5.31. The molecule has 2 heterocycles. The summed E-state index contributed by atoms with van der Waals surface area (Å²) in [4.78, 5) is 46.7. The van der Waals surface area contributed by atoms with Crippen LogP contribution < -0.4 is 15.1 Å². The highest BCUT2D eigenvalue weighted by Gasteiger charge is 2.33. The van der Waals surface area contributed by atoms with Crippen LogP contribution in [0.3, 0.4) is 0 Å². The van der Waals surface area contributed by atoms with Crippen molar-refractivity contribution in [2.24, 2.45) is 10.1 Å². The number of carbonyl (C=O) groups is 3. The molecule has 1 fully saturated rings. The molecule has 1 N–H and O–H groups in total. The van der Waals surface area contributed by atoms with E-state index >= 15 is 0 Å². The van der Waals surface area contributed by atoms with Crippen molar-refractivity contribution >= 4 is 46.6 Å². The van der Waals surface area contributed by atoms with Gasteiger partial charge in [0, 0.05) is 11.1 Å². The van der Waals surface area contributed by atoms with Gasteiger partial charge in [0.1, 0.15) is 12.1 Å². The van der Waals surface area contributed by atoms with Crippen LogP contribution in [0.25, 0.3) is 17.1 Å². The molecule has 4 aromatic rings. The molecule has 3 amide bonds. The summed E-state index contributed by atoms with van der Waals surface area (Å²) in [6, 6.07) is 16.4. The fraction of sp³-hybridized carbons (Fsp3) is 0.138. The average molecular weight is 622 g/mol. The Morgan fingerprint density at radius 1 is 1.07 bits per heavy atom. The minimum atomic E-state index is -4.78. The molecule has 0 radical (unpaired) electrons. The Morgan fingerprint density at radius 3 is 2.48 bits per heavy atom. The first-order valence-electron chi connectivity index (χ1n) is 12.8. The number of nitrogens with zero attached hydrogens (tertiary/aromatic N) is 6. The first kappa shape index (κ1) is 30.2. The number of hydrogen-bond acceptors (Lipinski definition) is 8. The molecule has 44 heavy (non-hydrogen) atoms. The lowest BCUT2D eigenvalue weighted by molar-refractivity contribution is -0.274. The SMILES string of the molecule is CC(=O)c1ccc(C)cc1N1C(=O)CSC1=NC(=O)N/N=C/c1ccc(-c2ncn(-c3ccc(OC(F)(F)F)cc3)n2)cc1. The van der Waals surface area contributed by atoms with Crippen molar-refractivity contribution in [1.82, 2.24) is 20.2 Å². The summed E-state index contributed by atoms with van der Waals surface area (Å²) in [7, 11) is 0. The highest BCUT2D eigenvalue weighted by molar-refractivity contribution is 8.15. The molecule has 224 valence electrons. The maximum atomic E-state index is 12.6. The van der Waals surface area contributed by atoms with E-state index in [-0.39, 0.29) is 28.4 Å². The summed E-state index contributed by atoms with van der Waals surface area (Å²) in [5, 5.41) is 8.42. The number of anilines is 1. The molecular weight excluding hydrogens is 599 g/mol. The minimum absolute atomic E-state index is 0.0727. The Kier molecular flexibility index (Phi) is 8.57. The van der Waals surface area contributed by atoms with Gasteiger partial charge in [-0.3, -0.25) is 14.5 Å². The number of aryl methyl sites for hydroxylation is 1. The van der Waals surface area contributed by atoms with Crippen LogP contribution in [-0.4, -0.2) is 56.0 Å². The van der Waals surface area contributed by atoms with Gasteiger partial charge >= 0.3 is 12.4 Å². The van der Waals surface area contributed by atoms with Crippen LogP contribution in [0.15, 0.2) is 83.2 Å². The third-order valence-corrected chi connectivity index (χ3v) is 7.03. The van der Waals surface area contributed by atoms with Gasteiger partial charge in [-0.1, -0.05) is 42.1 Å². The smallest absolute Gasteiger partial charge is 0.406 e. The molecule has 5 rings (SSSR count). The van der Waals surface area contributed by atoms with Crippen LogP contribution in [-0.2, 0) is 4.79 Å². The first-order valence-corrected chi connectivity index (χ1v) is 13.8. The molecule has 0 aliphatic carbocycles. The first-order chi connectivity index (χ1) is 21.0. The van der Waals surface area contributed by atoms with Crippen LogP contribution in [0.5, 0.6) is 5.75 Å². The molecule has 0 atom stereocenters. The normalized spacial score (nSPS) is 14.4. The van der Waals surface area contributed by atoms with Crippen LogP contribution in [0.2, 0.25) is 0 Å². The van der Waals surface area contributed by atoms with E-state index in [0.717, 1.165) is 17.3 Å². The van der Waals surface area contributed by atoms with E-state index in [1.165, 1.54) is 53.3 Å². The third-order valence-electron chi connectivity index (χ3n) is 6.11. The van der Waals surface area contributed by atoms with Crippen molar-refractivity contribution in [2.45, 2.75) is 20.2 Å². The van der Waals surface area contributed by atoms with E-state index in [1.54, 1.807) is 42.5 Å². The van der Waals surface area contributed by atoms with Crippen LogP contribution >= 0.6 is 11.8 Å². The van der Waals surface area contributed by atoms with Crippen molar-refractivity contribution in [2.75, 3.05) is 10.7 Å². The van der Waals surface area contributed by atoms with Gasteiger partial charge < -0.3 is 4.74 Å². The predicted octanol–water partition coefficient (Wildman–Crippen LogP) is 5.52. The van der Waals surface area contributed by atoms with Crippen molar-refractivity contribution in [3.63, 3.8) is 0 Å². The summed E-state index contributed by atoms with van der Waals surface area (Å²) < 4.78 is 42.4. The molecule has 3 aromatic carbocycles. The lowest BCUT2D eigenvalue weighted by atomic mass is 10.1. The number of aromatic nitrogens is 3. The van der Waals surface area contributed by atoms with Gasteiger partial charge in [0.15, 0.2) is 16.8 Å². The largest absolute Gasteiger partial charge is 0.573 e. The molecule has 0 saturated carbocycles. The quantitative estimate of drug-likeness (QED) is 0.163. The van der Waals surface area contributed by atoms with Crippen LogP contribution in [0.1, 0.15) is 28.4 Å². The second kappa shape index (κ2) is 12.5. The number of halogens is 3. The summed E-state index contributed by atoms with van der Waals surface area (Å²) in [6.45, 7) is 3.23. The van der Waals surface area contributed by atoms with Gasteiger partial charge in [-0.25, -0.2) is 19.9 Å². The molecule has 0 unspecified atom stereocenters. The number of aliphatic imine (C=N–C) groups is 1. The predicted molar refractivity (Wildman–Crippen MR) is 158 cm³/mol. The van der Waals surface area contributed by atoms with Crippen molar-refractivity contribution in [3.05, 3.63) is 89.7 Å². The number of urea groups is 1. The second-order valence-electron chi connectivity index (χ2n) is 9.34. The van der Waals surface area contributed by atoms with E-state index in [9.17, 15) is 27.6 Å². The number of amidine groups is 1. The number of ether oxygens (including phenoxy) is 1. The van der Waals surface area contributed by atoms with Crippen molar-refractivity contribution < 1.29 is 32.3 Å². The number of alkyl halides is 3. The molecule has 1 aliphatic rings. The Bertz CT molecular complexity index is 1790. The summed E-state index contributed by atoms with van der Waals surface area (Å²) in [5.74, 6) is -0.415. The Morgan fingerprint density at radius 2 is 1.80 bits per heavy atom. The minimum Gasteiger partial charge on any atom is -0.406 e. The highest BCUT2D eigenvalue weighted by atomic mass is 32.2. The van der Waals surface area contributed by atoms with Gasteiger partial charge in [0.05, 0.1) is 23.3 Å². The van der Waals surface area contributed by atoms with Crippen molar-refractivity contribution in [3.8, 4) is 22.8 Å². The molecule has 1 aromatic heterocycles. The van der Waals surface area contributed by atoms with Crippen LogP contribution in [0, 0.1) is 6.92 Å². The number of nitrogens with one attached hydrogen (secondary N) is 1. The number of hydrogen-bond donors (Lipinski definition) is 1. The zero-order chi connectivity index (χ0) is 31.4. The number of thioether (sulfide) groups is 1. The van der Waals surface area contributed by atoms with Crippen molar-refractivity contribution in [1.29, 1.82) is 0 Å². The average Bonchev–Trinajstić information content (AvgIpc) is 3.60. The molecular formula is C29H22F3N7O4S. The highest BCUT2D eigenvalue weighted by Crippen LogP contribution is 2.31. The lowest BCUT2D eigenvalue weighted by Crippen LogP contribution is -2.32. The number of Topliss-reactive ketones (excluding diaryl/α,β-unsaturated/α-hetero) is 1. The monoisotopic (exact) mass is 621 g/mol. The number of rotatable bonds is 7. The van der Waals surface area contributed by atoms with E-state index in [1.807, 2.05) is 6.92 Å². The van der Waals surface area contributed by atoms with Gasteiger partial charge in [-0.2, -0.15) is 10.1 Å². The summed E-state index contributed by atoms with van der Waals surface area (Å²) >= 11 is 1.08. The Balaban J connectivity index is 1.22.